The highest BCUT2D eigenvalue weighted by Gasteiger charge is 2.13. The molecule has 0 aromatic heterocycles. The quantitative estimate of drug-likeness (QED) is 0.0443. The summed E-state index contributed by atoms with van der Waals surface area (Å²) in [5.41, 5.74) is 1.87. The predicted octanol–water partition coefficient (Wildman–Crippen LogP) is 8.96. The van der Waals surface area contributed by atoms with Crippen LogP contribution in [0.4, 0.5) is 11.4 Å². The summed E-state index contributed by atoms with van der Waals surface area (Å²) in [5, 5.41) is 8.73. The van der Waals surface area contributed by atoms with E-state index >= 15 is 0 Å². The van der Waals surface area contributed by atoms with E-state index in [0.29, 0.717) is 72.4 Å². The number of hydrogen-bond acceptors (Lipinski definition) is 9. The van der Waals surface area contributed by atoms with Crippen molar-refractivity contribution in [2.24, 2.45) is 10.2 Å². The first kappa shape index (κ1) is 33.8. The van der Waals surface area contributed by atoms with Gasteiger partial charge in [0.05, 0.1) is 37.7 Å². The average Bonchev–Trinajstić information content (AvgIpc) is 3.03. The van der Waals surface area contributed by atoms with Crippen molar-refractivity contribution in [2.45, 2.75) is 59.3 Å². The summed E-state index contributed by atoms with van der Waals surface area (Å²) in [7, 11) is 0. The van der Waals surface area contributed by atoms with Crippen molar-refractivity contribution in [3.63, 3.8) is 0 Å². The Hall–Kier alpha value is -4.66. The van der Waals surface area contributed by atoms with Crippen LogP contribution in [0.25, 0.3) is 0 Å². The molecule has 9 heteroatoms. The first-order valence-corrected chi connectivity index (χ1v) is 15.1. The molecule has 9 nitrogen and oxygen atoms in total. The number of carbonyl (C=O) groups excluding carboxylic acids is 2. The fraction of sp³-hybridized carbons (Fsp3) is 0.371. The van der Waals surface area contributed by atoms with E-state index in [4.69, 9.17) is 23.7 Å². The third-order valence-corrected chi connectivity index (χ3v) is 6.25. The third kappa shape index (κ3) is 11.9. The lowest BCUT2D eigenvalue weighted by atomic mass is 10.2. The van der Waals surface area contributed by atoms with E-state index in [1.165, 1.54) is 0 Å². The zero-order chi connectivity index (χ0) is 31.6. The molecule has 3 rings (SSSR count). The number of ether oxygens (including phenoxy) is 5. The van der Waals surface area contributed by atoms with Crippen molar-refractivity contribution in [2.75, 3.05) is 26.4 Å². The Morgan fingerprint density at radius 2 is 1.25 bits per heavy atom. The normalized spacial score (nSPS) is 10.8. The van der Waals surface area contributed by atoms with Crippen LogP contribution < -0.4 is 18.9 Å². The number of azo groups is 1. The number of benzene rings is 3. The number of hydrogen-bond donors (Lipinski definition) is 0. The Morgan fingerprint density at radius 3 is 1.86 bits per heavy atom. The van der Waals surface area contributed by atoms with Crippen LogP contribution >= 0.6 is 0 Å². The van der Waals surface area contributed by atoms with E-state index in [0.717, 1.165) is 31.4 Å². The maximum atomic E-state index is 12.8. The average molecular weight is 603 g/mol. The molecule has 0 radical (unpaired) electrons. The van der Waals surface area contributed by atoms with Crippen molar-refractivity contribution >= 4 is 23.3 Å². The molecule has 3 aromatic rings. The van der Waals surface area contributed by atoms with Gasteiger partial charge in [0, 0.05) is 11.6 Å². The molecule has 0 N–H and O–H groups in total. The molecule has 0 saturated carbocycles. The summed E-state index contributed by atoms with van der Waals surface area (Å²) >= 11 is 0. The fourth-order valence-corrected chi connectivity index (χ4v) is 3.67. The second-order valence-electron chi connectivity index (χ2n) is 10.1. The topological polar surface area (TPSA) is 105 Å². The minimum absolute atomic E-state index is 0.264. The standard InChI is InChI=1S/C35H42N2O7/c1-5-7-21-40-29-15-11-27(12-16-29)35(39)44-31-19-20-32(33(25-31)42-23-9-10-24-43-34(38)26(3)4)37-36-28-13-17-30(18-14-28)41-22-8-6-2/h11-20,25H,3,5-10,21-24H2,1-2,4H3/b37-36+. The summed E-state index contributed by atoms with van der Waals surface area (Å²) in [4.78, 5) is 24.4. The molecule has 0 aliphatic carbocycles. The first-order valence-electron chi connectivity index (χ1n) is 15.1. The zero-order valence-electron chi connectivity index (χ0n) is 25.9. The van der Waals surface area contributed by atoms with Crippen molar-refractivity contribution in [3.8, 4) is 23.0 Å². The van der Waals surface area contributed by atoms with E-state index < -0.39 is 11.9 Å². The van der Waals surface area contributed by atoms with Crippen molar-refractivity contribution in [1.82, 2.24) is 0 Å². The lowest BCUT2D eigenvalue weighted by molar-refractivity contribution is -0.139. The van der Waals surface area contributed by atoms with Crippen molar-refractivity contribution in [3.05, 3.63) is 84.4 Å². The van der Waals surface area contributed by atoms with Crippen LogP contribution in [0.5, 0.6) is 23.0 Å². The van der Waals surface area contributed by atoms with Crippen LogP contribution in [0.15, 0.2) is 89.1 Å². The number of carbonyl (C=O) groups is 2. The molecule has 0 heterocycles. The van der Waals surface area contributed by atoms with Crippen LogP contribution in [0, 0.1) is 0 Å². The molecule has 0 aliphatic heterocycles. The Bertz CT molecular complexity index is 1370. The molecule has 0 aliphatic rings. The molecule has 0 atom stereocenters. The maximum absolute atomic E-state index is 12.8. The van der Waals surface area contributed by atoms with E-state index in [1.54, 1.807) is 49.4 Å². The summed E-state index contributed by atoms with van der Waals surface area (Å²) in [6.07, 6.45) is 5.30. The molecular formula is C35H42N2O7. The highest BCUT2D eigenvalue weighted by Crippen LogP contribution is 2.34. The van der Waals surface area contributed by atoms with Gasteiger partial charge in [-0.15, -0.1) is 5.11 Å². The highest BCUT2D eigenvalue weighted by atomic mass is 16.5. The van der Waals surface area contributed by atoms with Crippen LogP contribution in [0.2, 0.25) is 0 Å². The molecule has 0 spiro atoms. The van der Waals surface area contributed by atoms with E-state index in [1.807, 2.05) is 24.3 Å². The lowest BCUT2D eigenvalue weighted by Gasteiger charge is -2.11. The Morgan fingerprint density at radius 1 is 0.682 bits per heavy atom. The number of rotatable bonds is 19. The van der Waals surface area contributed by atoms with Gasteiger partial charge in [-0.3, -0.25) is 0 Å². The smallest absolute Gasteiger partial charge is 0.343 e. The Labute approximate surface area is 259 Å². The third-order valence-electron chi connectivity index (χ3n) is 6.25. The van der Waals surface area contributed by atoms with E-state index in [2.05, 4.69) is 30.7 Å². The molecule has 0 fully saturated rings. The van der Waals surface area contributed by atoms with Gasteiger partial charge in [0.15, 0.2) is 5.75 Å². The van der Waals surface area contributed by atoms with Gasteiger partial charge >= 0.3 is 11.9 Å². The van der Waals surface area contributed by atoms with Gasteiger partial charge in [0.25, 0.3) is 0 Å². The van der Waals surface area contributed by atoms with Gasteiger partial charge in [-0.2, -0.15) is 5.11 Å². The maximum Gasteiger partial charge on any atom is 0.343 e. The van der Waals surface area contributed by atoms with Gasteiger partial charge in [0.2, 0.25) is 0 Å². The molecule has 3 aromatic carbocycles. The fourth-order valence-electron chi connectivity index (χ4n) is 3.67. The molecule has 0 amide bonds. The van der Waals surface area contributed by atoms with E-state index in [-0.39, 0.29) is 6.61 Å². The van der Waals surface area contributed by atoms with Crippen molar-refractivity contribution in [1.29, 1.82) is 0 Å². The van der Waals surface area contributed by atoms with Gasteiger partial charge in [-0.05, 0) is 93.3 Å². The Balaban J connectivity index is 1.67. The molecule has 0 unspecified atom stereocenters. The molecule has 44 heavy (non-hydrogen) atoms. The number of nitrogens with zero attached hydrogens (tertiary/aromatic N) is 2. The number of esters is 2. The van der Waals surface area contributed by atoms with Gasteiger partial charge < -0.3 is 23.7 Å². The minimum atomic E-state index is -0.508. The highest BCUT2D eigenvalue weighted by molar-refractivity contribution is 5.91. The van der Waals surface area contributed by atoms with Crippen LogP contribution in [0.3, 0.4) is 0 Å². The predicted molar refractivity (Wildman–Crippen MR) is 170 cm³/mol. The lowest BCUT2D eigenvalue weighted by Crippen LogP contribution is -2.09. The van der Waals surface area contributed by atoms with Gasteiger partial charge in [-0.25, -0.2) is 9.59 Å². The van der Waals surface area contributed by atoms with Crippen LogP contribution in [-0.4, -0.2) is 38.4 Å². The SMILES string of the molecule is C=C(C)C(=O)OCCCCOc1cc(OC(=O)c2ccc(OCCCC)cc2)ccc1/N=N/c1ccc(OCCCC)cc1. The van der Waals surface area contributed by atoms with Crippen molar-refractivity contribution < 1.29 is 33.3 Å². The summed E-state index contributed by atoms with van der Waals surface area (Å²) in [6.45, 7) is 11.3. The first-order chi connectivity index (χ1) is 21.4. The second-order valence-corrected chi connectivity index (χ2v) is 10.1. The van der Waals surface area contributed by atoms with Gasteiger partial charge in [0.1, 0.15) is 22.9 Å². The molecule has 234 valence electrons. The summed E-state index contributed by atoms with van der Waals surface area (Å²) < 4.78 is 28.2. The Kier molecular flexibility index (Phi) is 14.4. The van der Waals surface area contributed by atoms with E-state index in [9.17, 15) is 9.59 Å². The molecule has 0 bridgehead atoms. The largest absolute Gasteiger partial charge is 0.494 e. The number of unbranched alkanes of at least 4 members (excludes halogenated alkanes) is 3. The van der Waals surface area contributed by atoms with Gasteiger partial charge in [-0.1, -0.05) is 33.3 Å². The minimum Gasteiger partial charge on any atom is -0.494 e. The second kappa shape index (κ2) is 18.8. The summed E-state index contributed by atoms with van der Waals surface area (Å²) in [6, 6.07) is 19.1. The molecule has 0 saturated heterocycles. The zero-order valence-corrected chi connectivity index (χ0v) is 25.9. The summed E-state index contributed by atoms with van der Waals surface area (Å²) in [5.74, 6) is 1.26. The van der Waals surface area contributed by atoms with Crippen LogP contribution in [0.1, 0.15) is 69.7 Å². The molecular weight excluding hydrogens is 560 g/mol. The monoisotopic (exact) mass is 602 g/mol. The van der Waals surface area contributed by atoms with Crippen LogP contribution in [-0.2, 0) is 9.53 Å².